The molecule has 0 spiro atoms. The van der Waals surface area contributed by atoms with E-state index in [-0.39, 0.29) is 11.4 Å². The van der Waals surface area contributed by atoms with E-state index in [1.807, 2.05) is 6.07 Å². The number of amides is 1. The van der Waals surface area contributed by atoms with E-state index in [0.29, 0.717) is 10.7 Å². The summed E-state index contributed by atoms with van der Waals surface area (Å²) in [6.45, 7) is 0. The Balaban J connectivity index is 2.30. The maximum atomic E-state index is 12.6. The molecule has 0 aliphatic rings. The van der Waals surface area contributed by atoms with Crippen LogP contribution in [-0.4, -0.2) is 25.5 Å². The molecule has 0 fully saturated rings. The molecule has 0 aromatic carbocycles. The minimum absolute atomic E-state index is 0.0849. The van der Waals surface area contributed by atoms with Crippen molar-refractivity contribution in [2.24, 2.45) is 14.1 Å². The molecule has 0 bridgehead atoms. The Bertz CT molecular complexity index is 736. The molecule has 1 N–H and O–H groups in total. The lowest BCUT2D eigenvalue weighted by Gasteiger charge is -2.04. The number of hydrogen-bond donors (Lipinski definition) is 1. The quantitative estimate of drug-likeness (QED) is 0.905. The van der Waals surface area contributed by atoms with Crippen molar-refractivity contribution in [3.8, 4) is 6.07 Å². The summed E-state index contributed by atoms with van der Waals surface area (Å²) in [5.74, 6) is -0.775. The number of nitrogens with one attached hydrogen (secondary N) is 1. The zero-order valence-corrected chi connectivity index (χ0v) is 10.9. The number of alkyl halides is 3. The molecule has 0 unspecified atom stereocenters. The number of hydrogen-bond acceptors (Lipinski definition) is 4. The number of carbonyl (C=O) groups is 1. The zero-order valence-electron chi connectivity index (χ0n) is 10.9. The summed E-state index contributed by atoms with van der Waals surface area (Å²) in [7, 11) is 2.57. The van der Waals surface area contributed by atoms with Crippen LogP contribution in [0, 0.1) is 11.3 Å². The van der Waals surface area contributed by atoms with E-state index < -0.39 is 23.5 Å². The van der Waals surface area contributed by atoms with Crippen LogP contribution in [0.25, 0.3) is 0 Å². The molecule has 0 saturated heterocycles. The first kappa shape index (κ1) is 14.6. The molecule has 1 amide bonds. The smallest absolute Gasteiger partial charge is 0.304 e. The van der Waals surface area contributed by atoms with Gasteiger partial charge in [-0.05, 0) is 0 Å². The van der Waals surface area contributed by atoms with E-state index in [1.165, 1.54) is 17.9 Å². The number of nitrogens with zero attached hydrogens (tertiary/aromatic N) is 5. The van der Waals surface area contributed by atoms with Gasteiger partial charge in [-0.2, -0.15) is 28.6 Å². The lowest BCUT2D eigenvalue weighted by molar-refractivity contribution is -0.143. The second-order valence-electron chi connectivity index (χ2n) is 4.13. The summed E-state index contributed by atoms with van der Waals surface area (Å²) in [6, 6.07) is 2.45. The molecule has 0 saturated carbocycles. The highest BCUT2D eigenvalue weighted by Crippen LogP contribution is 2.29. The van der Waals surface area contributed by atoms with Crippen molar-refractivity contribution < 1.29 is 18.0 Å². The number of aryl methyl sites for hydroxylation is 2. The van der Waals surface area contributed by atoms with Gasteiger partial charge in [0.2, 0.25) is 0 Å². The summed E-state index contributed by atoms with van der Waals surface area (Å²) in [6.07, 6.45) is -3.38. The molecule has 2 rings (SSSR count). The molecule has 2 aromatic rings. The molecule has 110 valence electrons. The van der Waals surface area contributed by atoms with Crippen LogP contribution in [0.5, 0.6) is 0 Å². The fraction of sp³-hybridized carbons (Fsp3) is 0.273. The van der Waals surface area contributed by atoms with Gasteiger partial charge in [0.25, 0.3) is 5.91 Å². The van der Waals surface area contributed by atoms with Gasteiger partial charge in [0.05, 0.1) is 6.20 Å². The van der Waals surface area contributed by atoms with E-state index in [4.69, 9.17) is 5.26 Å². The molecular formula is C11H9F3N6O. The maximum Gasteiger partial charge on any atom is 0.433 e. The minimum atomic E-state index is -4.61. The van der Waals surface area contributed by atoms with Crippen molar-refractivity contribution >= 4 is 11.7 Å². The van der Waals surface area contributed by atoms with Gasteiger partial charge in [-0.1, -0.05) is 0 Å². The Morgan fingerprint density at radius 2 is 2.05 bits per heavy atom. The fourth-order valence-corrected chi connectivity index (χ4v) is 1.68. The molecule has 0 aliphatic heterocycles. The van der Waals surface area contributed by atoms with Gasteiger partial charge in [0.15, 0.2) is 5.69 Å². The number of nitriles is 1. The highest BCUT2D eigenvalue weighted by atomic mass is 19.4. The van der Waals surface area contributed by atoms with Crippen LogP contribution in [0.1, 0.15) is 21.7 Å². The first-order chi connectivity index (χ1) is 9.74. The maximum absolute atomic E-state index is 12.6. The molecule has 0 aliphatic carbocycles. The van der Waals surface area contributed by atoms with Gasteiger partial charge in [0, 0.05) is 20.2 Å². The minimum Gasteiger partial charge on any atom is -0.304 e. The normalized spacial score (nSPS) is 11.2. The monoisotopic (exact) mass is 298 g/mol. The third-order valence-corrected chi connectivity index (χ3v) is 2.69. The first-order valence-electron chi connectivity index (χ1n) is 5.58. The number of anilines is 1. The van der Waals surface area contributed by atoms with Gasteiger partial charge in [-0.15, -0.1) is 0 Å². The third kappa shape index (κ3) is 2.71. The lowest BCUT2D eigenvalue weighted by atomic mass is 10.3. The van der Waals surface area contributed by atoms with E-state index >= 15 is 0 Å². The van der Waals surface area contributed by atoms with Crippen LogP contribution in [0.4, 0.5) is 19.0 Å². The topological polar surface area (TPSA) is 88.5 Å². The predicted molar refractivity (Wildman–Crippen MR) is 64.1 cm³/mol. The van der Waals surface area contributed by atoms with Gasteiger partial charge in [0.1, 0.15) is 23.1 Å². The van der Waals surface area contributed by atoms with E-state index in [9.17, 15) is 18.0 Å². The Hall–Kier alpha value is -2.83. The number of carbonyl (C=O) groups excluding carboxylic acids is 1. The fourth-order valence-electron chi connectivity index (χ4n) is 1.68. The molecule has 10 heteroatoms. The van der Waals surface area contributed by atoms with E-state index in [2.05, 4.69) is 15.5 Å². The Labute approximate surface area is 116 Å². The van der Waals surface area contributed by atoms with Crippen molar-refractivity contribution in [2.75, 3.05) is 5.32 Å². The van der Waals surface area contributed by atoms with Crippen molar-refractivity contribution in [3.05, 3.63) is 29.2 Å². The van der Waals surface area contributed by atoms with E-state index in [1.54, 1.807) is 0 Å². The molecule has 2 aromatic heterocycles. The molecular weight excluding hydrogens is 289 g/mol. The van der Waals surface area contributed by atoms with Crippen molar-refractivity contribution in [1.29, 1.82) is 5.26 Å². The van der Waals surface area contributed by atoms with E-state index in [0.717, 1.165) is 7.05 Å². The zero-order chi connectivity index (χ0) is 15.8. The number of rotatable bonds is 2. The summed E-state index contributed by atoms with van der Waals surface area (Å²) in [5.41, 5.74) is -1.36. The summed E-state index contributed by atoms with van der Waals surface area (Å²) in [5, 5.41) is 18.4. The third-order valence-electron chi connectivity index (χ3n) is 2.69. The average Bonchev–Trinajstić information content (AvgIpc) is 2.93. The summed E-state index contributed by atoms with van der Waals surface area (Å²) in [4.78, 5) is 11.9. The lowest BCUT2D eigenvalue weighted by Crippen LogP contribution is -2.16. The standard InChI is InChI=1S/C11H9F3N6O/c1-19-8(11(12,13)14)3-7(18-19)10(21)17-9-6(4-15)5-16-20(9)2/h3,5H,1-2H3,(H,17,21). The average molecular weight is 298 g/mol. The second kappa shape index (κ2) is 4.93. The summed E-state index contributed by atoms with van der Waals surface area (Å²) >= 11 is 0. The van der Waals surface area contributed by atoms with Gasteiger partial charge in [-0.25, -0.2) is 0 Å². The molecule has 7 nitrogen and oxygen atoms in total. The Kier molecular flexibility index (Phi) is 3.42. The Morgan fingerprint density at radius 3 is 2.57 bits per heavy atom. The second-order valence-corrected chi connectivity index (χ2v) is 4.13. The van der Waals surface area contributed by atoms with Crippen molar-refractivity contribution in [1.82, 2.24) is 19.6 Å². The molecule has 0 radical (unpaired) electrons. The van der Waals surface area contributed by atoms with Gasteiger partial charge in [-0.3, -0.25) is 14.2 Å². The first-order valence-corrected chi connectivity index (χ1v) is 5.58. The van der Waals surface area contributed by atoms with Crippen molar-refractivity contribution in [3.63, 3.8) is 0 Å². The largest absolute Gasteiger partial charge is 0.433 e. The van der Waals surface area contributed by atoms with Crippen LogP contribution in [0.15, 0.2) is 12.3 Å². The number of aromatic nitrogens is 4. The van der Waals surface area contributed by atoms with Crippen LogP contribution in [0.3, 0.4) is 0 Å². The summed E-state index contributed by atoms with van der Waals surface area (Å²) < 4.78 is 39.7. The molecule has 21 heavy (non-hydrogen) atoms. The molecule has 0 atom stereocenters. The highest BCUT2D eigenvalue weighted by molar-refractivity contribution is 6.03. The number of halogens is 3. The Morgan fingerprint density at radius 1 is 1.38 bits per heavy atom. The van der Waals surface area contributed by atoms with Crippen molar-refractivity contribution in [2.45, 2.75) is 6.18 Å². The van der Waals surface area contributed by atoms with Gasteiger partial charge >= 0.3 is 6.18 Å². The molecule has 2 heterocycles. The van der Waals surface area contributed by atoms with Crippen LogP contribution in [-0.2, 0) is 20.3 Å². The van der Waals surface area contributed by atoms with Crippen LogP contribution < -0.4 is 5.32 Å². The highest BCUT2D eigenvalue weighted by Gasteiger charge is 2.35. The predicted octanol–water partition coefficient (Wildman–Crippen LogP) is 1.30. The van der Waals surface area contributed by atoms with Crippen LogP contribution in [0.2, 0.25) is 0 Å². The van der Waals surface area contributed by atoms with Gasteiger partial charge < -0.3 is 5.32 Å². The van der Waals surface area contributed by atoms with Crippen LogP contribution >= 0.6 is 0 Å². The SMILES string of the molecule is Cn1nc(C(=O)Nc2c(C#N)cnn2C)cc1C(F)(F)F.